The van der Waals surface area contributed by atoms with Crippen molar-refractivity contribution >= 4 is 21.9 Å². The number of nitrogens with two attached hydrogens (primary N) is 1. The van der Waals surface area contributed by atoms with E-state index in [1.165, 1.54) is 0 Å². The highest BCUT2D eigenvalue weighted by Gasteiger charge is 2.25. The number of carboxylic acids is 1. The summed E-state index contributed by atoms with van der Waals surface area (Å²) in [5.41, 5.74) is 6.90. The predicted molar refractivity (Wildman–Crippen MR) is 79.9 cm³/mol. The van der Waals surface area contributed by atoms with Gasteiger partial charge in [0.1, 0.15) is 11.9 Å². The van der Waals surface area contributed by atoms with E-state index in [-0.39, 0.29) is 18.6 Å². The summed E-state index contributed by atoms with van der Waals surface area (Å²) < 4.78 is 6.72. The Labute approximate surface area is 126 Å². The largest absolute Gasteiger partial charge is 0.487 e. The zero-order chi connectivity index (χ0) is 14.7. The van der Waals surface area contributed by atoms with Crippen molar-refractivity contribution in [3.8, 4) is 5.75 Å². The maximum atomic E-state index is 10.6. The molecule has 0 radical (unpaired) electrons. The molecule has 1 fully saturated rings. The molecule has 1 heterocycles. The minimum Gasteiger partial charge on any atom is -0.487 e. The maximum absolute atomic E-state index is 10.6. The van der Waals surface area contributed by atoms with E-state index in [0.29, 0.717) is 6.42 Å². The van der Waals surface area contributed by atoms with Crippen LogP contribution in [0.2, 0.25) is 0 Å². The van der Waals surface area contributed by atoms with E-state index in [0.717, 1.165) is 28.9 Å². The fourth-order valence-corrected chi connectivity index (χ4v) is 2.67. The van der Waals surface area contributed by atoms with Crippen LogP contribution in [0.1, 0.15) is 24.4 Å². The zero-order valence-corrected chi connectivity index (χ0v) is 13.0. The molecule has 1 aliphatic rings. The van der Waals surface area contributed by atoms with Crippen molar-refractivity contribution < 1.29 is 14.6 Å². The van der Waals surface area contributed by atoms with Crippen molar-refractivity contribution in [3.05, 3.63) is 28.2 Å². The molecule has 6 heteroatoms. The van der Waals surface area contributed by atoms with Crippen LogP contribution in [0.4, 0.5) is 0 Å². The first-order chi connectivity index (χ1) is 9.45. The minimum atomic E-state index is -0.825. The third kappa shape index (κ3) is 3.94. The van der Waals surface area contributed by atoms with Gasteiger partial charge in [0.25, 0.3) is 0 Å². The number of likely N-dealkylation sites (N-methyl/N-ethyl adjacent to an activating group) is 1. The van der Waals surface area contributed by atoms with Crippen LogP contribution in [0, 0.1) is 0 Å². The minimum absolute atomic E-state index is 0.0748. The number of carboxylic acid groups (broad SMARTS) is 1. The van der Waals surface area contributed by atoms with Gasteiger partial charge in [-0.05, 0) is 47.1 Å². The molecule has 5 nitrogen and oxygen atoms in total. The van der Waals surface area contributed by atoms with E-state index in [4.69, 9.17) is 15.6 Å². The van der Waals surface area contributed by atoms with E-state index in [1.54, 1.807) is 0 Å². The first kappa shape index (κ1) is 15.3. The summed E-state index contributed by atoms with van der Waals surface area (Å²) in [5, 5.41) is 8.67. The van der Waals surface area contributed by atoms with Gasteiger partial charge >= 0.3 is 5.97 Å². The SMILES string of the molecule is CN1CC(Oc2ccc(C(N)CCC(=O)O)cc2Br)C1. The lowest BCUT2D eigenvalue weighted by Crippen LogP contribution is -2.51. The number of carbonyl (C=O) groups is 1. The van der Waals surface area contributed by atoms with Crippen molar-refractivity contribution in [2.75, 3.05) is 20.1 Å². The Bertz CT molecular complexity index is 489. The lowest BCUT2D eigenvalue weighted by Gasteiger charge is -2.36. The summed E-state index contributed by atoms with van der Waals surface area (Å²) in [7, 11) is 2.06. The molecule has 2 rings (SSSR count). The van der Waals surface area contributed by atoms with E-state index >= 15 is 0 Å². The Hall–Kier alpha value is -1.11. The number of nitrogens with zero attached hydrogens (tertiary/aromatic N) is 1. The maximum Gasteiger partial charge on any atom is 0.303 e. The molecule has 1 unspecified atom stereocenters. The molecule has 0 saturated carbocycles. The van der Waals surface area contributed by atoms with Gasteiger partial charge in [0, 0.05) is 25.6 Å². The Morgan fingerprint density at radius 3 is 2.85 bits per heavy atom. The Balaban J connectivity index is 1.96. The highest BCUT2D eigenvalue weighted by Crippen LogP contribution is 2.30. The lowest BCUT2D eigenvalue weighted by atomic mass is 10.0. The van der Waals surface area contributed by atoms with Gasteiger partial charge in [-0.2, -0.15) is 0 Å². The van der Waals surface area contributed by atoms with Crippen LogP contribution in [-0.4, -0.2) is 42.2 Å². The van der Waals surface area contributed by atoms with Crippen molar-refractivity contribution in [2.24, 2.45) is 5.73 Å². The average molecular weight is 343 g/mol. The standard InChI is InChI=1S/C14H19BrN2O3/c1-17-7-10(8-17)20-13-4-2-9(6-11(13)15)12(16)3-5-14(18)19/h2,4,6,10,12H,3,5,7-8,16H2,1H3,(H,18,19). The third-order valence-corrected chi connectivity index (χ3v) is 4.00. The molecular formula is C14H19BrN2O3. The number of ether oxygens (including phenoxy) is 1. The normalized spacial score (nSPS) is 17.6. The van der Waals surface area contributed by atoms with Crippen molar-refractivity contribution in [2.45, 2.75) is 25.0 Å². The van der Waals surface area contributed by atoms with Crippen molar-refractivity contribution in [1.29, 1.82) is 0 Å². The van der Waals surface area contributed by atoms with Crippen LogP contribution in [0.5, 0.6) is 5.75 Å². The zero-order valence-electron chi connectivity index (χ0n) is 11.4. The first-order valence-corrected chi connectivity index (χ1v) is 7.37. The smallest absolute Gasteiger partial charge is 0.303 e. The number of benzene rings is 1. The second-order valence-corrected chi connectivity index (χ2v) is 6.04. The van der Waals surface area contributed by atoms with Gasteiger partial charge in [0.05, 0.1) is 4.47 Å². The van der Waals surface area contributed by atoms with Crippen LogP contribution in [0.3, 0.4) is 0 Å². The Morgan fingerprint density at radius 1 is 1.60 bits per heavy atom. The molecule has 0 amide bonds. The van der Waals surface area contributed by atoms with E-state index in [9.17, 15) is 4.79 Å². The fraction of sp³-hybridized carbons (Fsp3) is 0.500. The third-order valence-electron chi connectivity index (χ3n) is 3.38. The predicted octanol–water partition coefficient (Wildman–Crippen LogP) is 2.01. The summed E-state index contributed by atoms with van der Waals surface area (Å²) in [6.07, 6.45) is 0.740. The monoisotopic (exact) mass is 342 g/mol. The molecule has 1 saturated heterocycles. The summed E-state index contributed by atoms with van der Waals surface area (Å²) in [5.74, 6) is -0.0224. The Kier molecular flexibility index (Phi) is 5.01. The second kappa shape index (κ2) is 6.56. The molecule has 110 valence electrons. The van der Waals surface area contributed by atoms with E-state index in [2.05, 4.69) is 27.9 Å². The number of aliphatic carboxylic acids is 1. The first-order valence-electron chi connectivity index (χ1n) is 6.57. The molecule has 1 atom stereocenters. The van der Waals surface area contributed by atoms with Crippen molar-refractivity contribution in [1.82, 2.24) is 4.90 Å². The topological polar surface area (TPSA) is 75.8 Å². The summed E-state index contributed by atoms with van der Waals surface area (Å²) >= 11 is 3.48. The van der Waals surface area contributed by atoms with Crippen LogP contribution < -0.4 is 10.5 Å². The molecule has 0 bridgehead atoms. The van der Waals surface area contributed by atoms with Gasteiger partial charge < -0.3 is 15.6 Å². The van der Waals surface area contributed by atoms with Gasteiger partial charge in [-0.1, -0.05) is 6.07 Å². The number of likely N-dealkylation sites (tertiary alicyclic amines) is 1. The Morgan fingerprint density at radius 2 is 2.30 bits per heavy atom. The van der Waals surface area contributed by atoms with Gasteiger partial charge in [0.15, 0.2) is 0 Å². The average Bonchev–Trinajstić information content (AvgIpc) is 2.36. The molecule has 1 aliphatic heterocycles. The fourth-order valence-electron chi connectivity index (χ4n) is 2.18. The summed E-state index contributed by atoms with van der Waals surface area (Å²) in [6.45, 7) is 1.87. The van der Waals surface area contributed by atoms with E-state index < -0.39 is 5.97 Å². The van der Waals surface area contributed by atoms with Gasteiger partial charge in [-0.15, -0.1) is 0 Å². The number of hydrogen-bond donors (Lipinski definition) is 2. The van der Waals surface area contributed by atoms with Crippen LogP contribution in [0.25, 0.3) is 0 Å². The van der Waals surface area contributed by atoms with Gasteiger partial charge in [0.2, 0.25) is 0 Å². The van der Waals surface area contributed by atoms with Gasteiger partial charge in [-0.25, -0.2) is 0 Å². The second-order valence-electron chi connectivity index (χ2n) is 5.19. The summed E-state index contributed by atoms with van der Waals surface area (Å²) in [6, 6.07) is 5.42. The molecule has 0 spiro atoms. The molecule has 0 aromatic heterocycles. The number of hydrogen-bond acceptors (Lipinski definition) is 4. The quantitative estimate of drug-likeness (QED) is 0.826. The van der Waals surface area contributed by atoms with Crippen LogP contribution in [0.15, 0.2) is 22.7 Å². The van der Waals surface area contributed by atoms with E-state index in [1.807, 2.05) is 18.2 Å². The highest BCUT2D eigenvalue weighted by atomic mass is 79.9. The number of halogens is 1. The van der Waals surface area contributed by atoms with Crippen molar-refractivity contribution in [3.63, 3.8) is 0 Å². The van der Waals surface area contributed by atoms with Crippen LogP contribution in [-0.2, 0) is 4.79 Å². The molecule has 20 heavy (non-hydrogen) atoms. The summed E-state index contributed by atoms with van der Waals surface area (Å²) in [4.78, 5) is 12.7. The highest BCUT2D eigenvalue weighted by molar-refractivity contribution is 9.10. The number of rotatable bonds is 6. The molecule has 1 aromatic rings. The molecule has 1 aromatic carbocycles. The molecule has 3 N–H and O–H groups in total. The van der Waals surface area contributed by atoms with Gasteiger partial charge in [-0.3, -0.25) is 9.69 Å². The molecule has 0 aliphatic carbocycles. The van der Waals surface area contributed by atoms with Crippen LogP contribution >= 0.6 is 15.9 Å². The molecular weight excluding hydrogens is 324 g/mol. The lowest BCUT2D eigenvalue weighted by molar-refractivity contribution is -0.137.